The van der Waals surface area contributed by atoms with Crippen molar-refractivity contribution in [3.63, 3.8) is 0 Å². The molecule has 6 nitrogen and oxygen atoms in total. The van der Waals surface area contributed by atoms with E-state index in [2.05, 4.69) is 15.1 Å². The lowest BCUT2D eigenvalue weighted by Crippen LogP contribution is -2.48. The molecule has 3 aromatic rings. The third kappa shape index (κ3) is 2.64. The topological polar surface area (TPSA) is 72.1 Å². The van der Waals surface area contributed by atoms with Crippen LogP contribution in [0.1, 0.15) is 22.2 Å². The number of amides is 1. The van der Waals surface area contributed by atoms with Gasteiger partial charge in [-0.05, 0) is 36.4 Å². The molecule has 4 rings (SSSR count). The van der Waals surface area contributed by atoms with Gasteiger partial charge in [0.2, 0.25) is 11.7 Å². The van der Waals surface area contributed by atoms with Crippen molar-refractivity contribution in [2.75, 3.05) is 13.1 Å². The smallest absolute Gasteiger partial charge is 0.253 e. The van der Waals surface area contributed by atoms with Crippen LogP contribution in [0.2, 0.25) is 0 Å². The highest BCUT2D eigenvalue weighted by Crippen LogP contribution is 2.28. The van der Waals surface area contributed by atoms with E-state index in [9.17, 15) is 9.18 Å². The van der Waals surface area contributed by atoms with Crippen LogP contribution in [-0.4, -0.2) is 39.0 Å². The Bertz CT molecular complexity index is 858. The molecule has 2 aromatic heterocycles. The molecular weight excluding hydrogens is 311 g/mol. The predicted molar refractivity (Wildman–Crippen MR) is 82.6 cm³/mol. The normalized spacial score (nSPS) is 14.5. The third-order valence-electron chi connectivity index (χ3n) is 3.94. The van der Waals surface area contributed by atoms with Crippen LogP contribution in [0.3, 0.4) is 0 Å². The highest BCUT2D eigenvalue weighted by atomic mass is 19.1. The zero-order valence-electron chi connectivity index (χ0n) is 12.6. The van der Waals surface area contributed by atoms with Gasteiger partial charge in [0.25, 0.3) is 5.91 Å². The molecule has 1 aliphatic rings. The Morgan fingerprint density at radius 1 is 1.17 bits per heavy atom. The van der Waals surface area contributed by atoms with E-state index < -0.39 is 0 Å². The molecule has 0 N–H and O–H groups in total. The lowest BCUT2D eigenvalue weighted by Gasteiger charge is -2.37. The molecule has 3 heterocycles. The van der Waals surface area contributed by atoms with E-state index in [0.29, 0.717) is 36.1 Å². The van der Waals surface area contributed by atoms with Crippen molar-refractivity contribution in [2.45, 2.75) is 5.92 Å². The van der Waals surface area contributed by atoms with Crippen LogP contribution in [0.4, 0.5) is 4.39 Å². The minimum Gasteiger partial charge on any atom is -0.338 e. The van der Waals surface area contributed by atoms with E-state index in [1.165, 1.54) is 24.3 Å². The monoisotopic (exact) mass is 324 g/mol. The molecule has 0 spiro atoms. The molecule has 1 aromatic carbocycles. The first-order valence-electron chi connectivity index (χ1n) is 7.50. The summed E-state index contributed by atoms with van der Waals surface area (Å²) in [5.41, 5.74) is 1.11. The summed E-state index contributed by atoms with van der Waals surface area (Å²) < 4.78 is 18.2. The number of rotatable bonds is 3. The maximum absolute atomic E-state index is 12.9. The Labute approximate surface area is 136 Å². The van der Waals surface area contributed by atoms with Crippen LogP contribution in [0.15, 0.2) is 53.2 Å². The largest absolute Gasteiger partial charge is 0.338 e. The maximum atomic E-state index is 12.9. The van der Waals surface area contributed by atoms with Crippen molar-refractivity contribution < 1.29 is 13.7 Å². The summed E-state index contributed by atoms with van der Waals surface area (Å²) in [5.74, 6) is 0.462. The van der Waals surface area contributed by atoms with Gasteiger partial charge >= 0.3 is 0 Å². The number of pyridine rings is 1. The first-order valence-corrected chi connectivity index (χ1v) is 7.50. The lowest BCUT2D eigenvalue weighted by atomic mass is 9.99. The zero-order chi connectivity index (χ0) is 16.5. The van der Waals surface area contributed by atoms with E-state index >= 15 is 0 Å². The summed E-state index contributed by atoms with van der Waals surface area (Å²) >= 11 is 0. The highest BCUT2D eigenvalue weighted by molar-refractivity contribution is 5.94. The van der Waals surface area contributed by atoms with E-state index in [1.54, 1.807) is 17.2 Å². The summed E-state index contributed by atoms with van der Waals surface area (Å²) in [7, 11) is 0. The van der Waals surface area contributed by atoms with Crippen molar-refractivity contribution in [2.24, 2.45) is 0 Å². The maximum Gasteiger partial charge on any atom is 0.253 e. The molecule has 0 aliphatic carbocycles. The minimum absolute atomic E-state index is 0.0133. The molecule has 7 heteroatoms. The van der Waals surface area contributed by atoms with E-state index in [4.69, 9.17) is 4.52 Å². The second-order valence-corrected chi connectivity index (χ2v) is 5.59. The molecule has 0 unspecified atom stereocenters. The number of likely N-dealkylation sites (tertiary alicyclic amines) is 1. The number of benzene rings is 1. The van der Waals surface area contributed by atoms with Crippen LogP contribution in [0.25, 0.3) is 11.5 Å². The van der Waals surface area contributed by atoms with Crippen LogP contribution < -0.4 is 0 Å². The second kappa shape index (κ2) is 5.84. The van der Waals surface area contributed by atoms with E-state index in [0.717, 1.165) is 0 Å². The van der Waals surface area contributed by atoms with Crippen LogP contribution in [-0.2, 0) is 0 Å². The molecule has 0 bridgehead atoms. The minimum atomic E-state index is -0.360. The first kappa shape index (κ1) is 14.5. The number of hydrogen-bond acceptors (Lipinski definition) is 5. The molecule has 1 aliphatic heterocycles. The fraction of sp³-hybridized carbons (Fsp3) is 0.176. The summed E-state index contributed by atoms with van der Waals surface area (Å²) in [6, 6.07) is 11.0. The lowest BCUT2D eigenvalue weighted by molar-refractivity contribution is 0.0569. The predicted octanol–water partition coefficient (Wildman–Crippen LogP) is 2.51. The van der Waals surface area contributed by atoms with Gasteiger partial charge in [-0.3, -0.25) is 9.78 Å². The average Bonchev–Trinajstić information content (AvgIpc) is 3.04. The third-order valence-corrected chi connectivity index (χ3v) is 3.94. The zero-order valence-corrected chi connectivity index (χ0v) is 12.6. The van der Waals surface area contributed by atoms with Crippen molar-refractivity contribution in [3.05, 3.63) is 65.9 Å². The van der Waals surface area contributed by atoms with Crippen molar-refractivity contribution in [1.82, 2.24) is 20.0 Å². The SMILES string of the molecule is O=C(c1ccc(F)cc1)N1CC(c2nc(-c3ccccn3)no2)C1. The summed E-state index contributed by atoms with van der Waals surface area (Å²) in [5, 5.41) is 3.93. The molecule has 24 heavy (non-hydrogen) atoms. The average molecular weight is 324 g/mol. The Morgan fingerprint density at radius 3 is 2.67 bits per heavy atom. The number of nitrogens with zero attached hydrogens (tertiary/aromatic N) is 4. The van der Waals surface area contributed by atoms with Crippen LogP contribution >= 0.6 is 0 Å². The van der Waals surface area contributed by atoms with Crippen LogP contribution in [0, 0.1) is 5.82 Å². The molecular formula is C17H13FN4O2. The Kier molecular flexibility index (Phi) is 3.53. The second-order valence-electron chi connectivity index (χ2n) is 5.59. The van der Waals surface area contributed by atoms with Gasteiger partial charge in [-0.1, -0.05) is 11.2 Å². The molecule has 1 amide bonds. The number of aromatic nitrogens is 3. The highest BCUT2D eigenvalue weighted by Gasteiger charge is 2.36. The van der Waals surface area contributed by atoms with Gasteiger partial charge in [0.05, 0.1) is 5.92 Å². The van der Waals surface area contributed by atoms with Gasteiger partial charge < -0.3 is 9.42 Å². The van der Waals surface area contributed by atoms with Crippen molar-refractivity contribution >= 4 is 5.91 Å². The Hall–Kier alpha value is -3.09. The molecule has 0 atom stereocenters. The van der Waals surface area contributed by atoms with Gasteiger partial charge in [0, 0.05) is 24.8 Å². The molecule has 1 saturated heterocycles. The number of carbonyl (C=O) groups is 1. The Morgan fingerprint density at radius 2 is 1.96 bits per heavy atom. The fourth-order valence-electron chi connectivity index (χ4n) is 2.58. The standard InChI is InChI=1S/C17H13FN4O2/c18-13-6-4-11(5-7-13)17(23)22-9-12(10-22)16-20-15(21-24-16)14-3-1-2-8-19-14/h1-8,12H,9-10H2. The quantitative estimate of drug-likeness (QED) is 0.740. The fourth-order valence-corrected chi connectivity index (χ4v) is 2.58. The van der Waals surface area contributed by atoms with Crippen molar-refractivity contribution in [1.29, 1.82) is 0 Å². The van der Waals surface area contributed by atoms with Crippen molar-refractivity contribution in [3.8, 4) is 11.5 Å². The van der Waals surface area contributed by atoms with Gasteiger partial charge in [-0.2, -0.15) is 4.98 Å². The van der Waals surface area contributed by atoms with Gasteiger partial charge in [0.15, 0.2) is 0 Å². The molecule has 1 fully saturated rings. The Balaban J connectivity index is 1.42. The number of halogens is 1. The van der Waals surface area contributed by atoms with E-state index in [-0.39, 0.29) is 17.6 Å². The van der Waals surface area contributed by atoms with Gasteiger partial charge in [-0.15, -0.1) is 0 Å². The number of hydrogen-bond donors (Lipinski definition) is 0. The molecule has 120 valence electrons. The number of carbonyl (C=O) groups excluding carboxylic acids is 1. The summed E-state index contributed by atoms with van der Waals surface area (Å²) in [6.45, 7) is 1.00. The summed E-state index contributed by atoms with van der Waals surface area (Å²) in [6.07, 6.45) is 1.66. The molecule has 0 saturated carbocycles. The molecule has 0 radical (unpaired) electrons. The van der Waals surface area contributed by atoms with Crippen LogP contribution in [0.5, 0.6) is 0 Å². The van der Waals surface area contributed by atoms with E-state index in [1.807, 2.05) is 12.1 Å². The summed E-state index contributed by atoms with van der Waals surface area (Å²) in [4.78, 5) is 22.5. The van der Waals surface area contributed by atoms with Gasteiger partial charge in [0.1, 0.15) is 11.5 Å². The van der Waals surface area contributed by atoms with Gasteiger partial charge in [-0.25, -0.2) is 4.39 Å². The first-order chi connectivity index (χ1) is 11.7.